The number of hydrogen-bond acceptors (Lipinski definition) is 5. The van der Waals surface area contributed by atoms with Crippen LogP contribution < -0.4 is 10.1 Å². The first kappa shape index (κ1) is 25.8. The van der Waals surface area contributed by atoms with Crippen molar-refractivity contribution in [2.24, 2.45) is 0 Å². The highest BCUT2D eigenvalue weighted by atomic mass is 19.1. The van der Waals surface area contributed by atoms with Gasteiger partial charge in [-0.1, -0.05) is 30.3 Å². The number of non-ortho nitro benzene ring substituents is 1. The number of hydrogen-bond donors (Lipinski definition) is 1. The molecule has 9 heteroatoms. The van der Waals surface area contributed by atoms with Crippen molar-refractivity contribution in [3.63, 3.8) is 0 Å². The Morgan fingerprint density at radius 2 is 1.76 bits per heavy atom. The topological polar surface area (TPSA) is 102 Å². The molecule has 3 aromatic carbocycles. The molecule has 1 saturated heterocycles. The van der Waals surface area contributed by atoms with Gasteiger partial charge in [0.15, 0.2) is 0 Å². The molecule has 1 aliphatic rings. The summed E-state index contributed by atoms with van der Waals surface area (Å²) in [5, 5.41) is 13.9. The molecule has 1 atom stereocenters. The summed E-state index contributed by atoms with van der Waals surface area (Å²) in [6.45, 7) is 2.78. The minimum absolute atomic E-state index is 0.0197. The molecule has 192 valence electrons. The molecule has 0 spiro atoms. The zero-order valence-corrected chi connectivity index (χ0v) is 20.4. The van der Waals surface area contributed by atoms with Crippen LogP contribution in [0.15, 0.2) is 72.8 Å². The molecule has 0 radical (unpaired) electrons. The first-order valence-electron chi connectivity index (χ1n) is 12.1. The lowest BCUT2D eigenvalue weighted by molar-refractivity contribution is -0.385. The zero-order chi connectivity index (χ0) is 26.4. The van der Waals surface area contributed by atoms with Crippen LogP contribution in [0.5, 0.6) is 5.75 Å². The monoisotopic (exact) mass is 505 g/mol. The molecule has 3 aromatic rings. The number of para-hydroxylation sites is 1. The molecule has 1 aliphatic heterocycles. The number of anilines is 1. The smallest absolute Gasteiger partial charge is 0.273 e. The highest BCUT2D eigenvalue weighted by Crippen LogP contribution is 2.30. The van der Waals surface area contributed by atoms with Crippen molar-refractivity contribution in [1.82, 2.24) is 4.90 Å². The second-order valence-corrected chi connectivity index (χ2v) is 9.14. The number of nitro benzene ring substituents is 1. The van der Waals surface area contributed by atoms with E-state index in [1.165, 1.54) is 0 Å². The fourth-order valence-corrected chi connectivity index (χ4v) is 4.49. The average Bonchev–Trinajstić information content (AvgIpc) is 2.89. The number of benzene rings is 3. The van der Waals surface area contributed by atoms with Crippen LogP contribution in [0.4, 0.5) is 15.8 Å². The van der Waals surface area contributed by atoms with Crippen LogP contribution in [0.3, 0.4) is 0 Å². The fourth-order valence-electron chi connectivity index (χ4n) is 4.49. The van der Waals surface area contributed by atoms with Gasteiger partial charge in [-0.2, -0.15) is 0 Å². The number of rotatable bonds is 8. The van der Waals surface area contributed by atoms with Gasteiger partial charge in [-0.05, 0) is 61.6 Å². The lowest BCUT2D eigenvalue weighted by atomic mass is 9.89. The van der Waals surface area contributed by atoms with Crippen molar-refractivity contribution in [2.75, 3.05) is 18.4 Å². The number of likely N-dealkylation sites (tertiary alicyclic amines) is 1. The maximum atomic E-state index is 13.8. The Morgan fingerprint density at radius 3 is 2.41 bits per heavy atom. The number of nitrogens with zero attached hydrogens (tertiary/aromatic N) is 2. The SMILES string of the molecule is CC(CC(=O)Nc1ccc(C2CCN(C(=O)c3cc(F)cc([N+](=O)[O-])c3)CC2)cc1)Oc1ccccc1. The highest BCUT2D eigenvalue weighted by Gasteiger charge is 2.26. The summed E-state index contributed by atoms with van der Waals surface area (Å²) < 4.78 is 19.5. The van der Waals surface area contributed by atoms with Crippen LogP contribution >= 0.6 is 0 Å². The number of halogens is 1. The van der Waals surface area contributed by atoms with E-state index in [-0.39, 0.29) is 29.9 Å². The number of ether oxygens (including phenoxy) is 1. The predicted octanol–water partition coefficient (Wildman–Crippen LogP) is 5.55. The van der Waals surface area contributed by atoms with Gasteiger partial charge in [0.1, 0.15) is 17.7 Å². The molecule has 4 rings (SSSR count). The Balaban J connectivity index is 1.27. The maximum Gasteiger partial charge on any atom is 0.273 e. The van der Waals surface area contributed by atoms with Crippen LogP contribution in [-0.4, -0.2) is 40.8 Å². The van der Waals surface area contributed by atoms with E-state index in [4.69, 9.17) is 4.74 Å². The van der Waals surface area contributed by atoms with Crippen LogP contribution in [0.25, 0.3) is 0 Å². The summed E-state index contributed by atoms with van der Waals surface area (Å²) in [6, 6.07) is 20.0. The predicted molar refractivity (Wildman–Crippen MR) is 137 cm³/mol. The summed E-state index contributed by atoms with van der Waals surface area (Å²) in [5.41, 5.74) is 1.34. The van der Waals surface area contributed by atoms with Crippen molar-refractivity contribution in [1.29, 1.82) is 0 Å². The third-order valence-electron chi connectivity index (χ3n) is 6.34. The Kier molecular flexibility index (Phi) is 8.12. The summed E-state index contributed by atoms with van der Waals surface area (Å²) in [4.78, 5) is 37.1. The summed E-state index contributed by atoms with van der Waals surface area (Å²) in [5.74, 6) is -0.407. The van der Waals surface area contributed by atoms with Crippen molar-refractivity contribution in [3.8, 4) is 5.75 Å². The number of nitrogens with one attached hydrogen (secondary N) is 1. The van der Waals surface area contributed by atoms with Crippen LogP contribution in [0.1, 0.15) is 48.0 Å². The van der Waals surface area contributed by atoms with E-state index in [0.717, 1.165) is 29.5 Å². The van der Waals surface area contributed by atoms with E-state index in [9.17, 15) is 24.1 Å². The number of carbonyl (C=O) groups is 2. The van der Waals surface area contributed by atoms with Gasteiger partial charge in [0.25, 0.3) is 11.6 Å². The molecule has 1 heterocycles. The maximum absolute atomic E-state index is 13.8. The van der Waals surface area contributed by atoms with Gasteiger partial charge in [-0.15, -0.1) is 0 Å². The Morgan fingerprint density at radius 1 is 1.08 bits per heavy atom. The van der Waals surface area contributed by atoms with Gasteiger partial charge in [-0.25, -0.2) is 4.39 Å². The average molecular weight is 506 g/mol. The van der Waals surface area contributed by atoms with Crippen molar-refractivity contribution < 1.29 is 23.6 Å². The van der Waals surface area contributed by atoms with E-state index in [1.54, 1.807) is 4.90 Å². The summed E-state index contributed by atoms with van der Waals surface area (Å²) >= 11 is 0. The quantitative estimate of drug-likeness (QED) is 0.319. The Bertz CT molecular complexity index is 1260. The minimum Gasteiger partial charge on any atom is -0.490 e. The zero-order valence-electron chi connectivity index (χ0n) is 20.4. The first-order chi connectivity index (χ1) is 17.8. The molecule has 0 saturated carbocycles. The van der Waals surface area contributed by atoms with Gasteiger partial charge < -0.3 is 15.0 Å². The van der Waals surface area contributed by atoms with Crippen LogP contribution in [0, 0.1) is 15.9 Å². The summed E-state index contributed by atoms with van der Waals surface area (Å²) in [7, 11) is 0. The highest BCUT2D eigenvalue weighted by molar-refractivity contribution is 5.95. The third kappa shape index (κ3) is 6.91. The van der Waals surface area contributed by atoms with Gasteiger partial charge in [0, 0.05) is 30.4 Å². The number of piperidine rings is 1. The molecule has 1 N–H and O–H groups in total. The normalized spacial score (nSPS) is 14.6. The van der Waals surface area contributed by atoms with Crippen LogP contribution in [0.2, 0.25) is 0 Å². The van der Waals surface area contributed by atoms with E-state index >= 15 is 0 Å². The largest absolute Gasteiger partial charge is 0.490 e. The van der Waals surface area contributed by atoms with Crippen molar-refractivity contribution in [3.05, 3.63) is 99.9 Å². The Hall–Kier alpha value is -4.27. The number of amides is 2. The summed E-state index contributed by atoms with van der Waals surface area (Å²) in [6.07, 6.45) is 1.37. The third-order valence-corrected chi connectivity index (χ3v) is 6.34. The van der Waals surface area contributed by atoms with E-state index in [0.29, 0.717) is 31.6 Å². The molecule has 1 fully saturated rings. The second-order valence-electron chi connectivity index (χ2n) is 9.14. The van der Waals surface area contributed by atoms with Crippen molar-refractivity contribution >= 4 is 23.2 Å². The molecule has 0 aliphatic carbocycles. The van der Waals surface area contributed by atoms with Gasteiger partial charge in [0.05, 0.1) is 17.4 Å². The number of nitro groups is 1. The Labute approximate surface area is 214 Å². The molecule has 8 nitrogen and oxygen atoms in total. The lowest BCUT2D eigenvalue weighted by Crippen LogP contribution is -2.38. The van der Waals surface area contributed by atoms with E-state index in [1.807, 2.05) is 61.5 Å². The fraction of sp³-hybridized carbons (Fsp3) is 0.286. The lowest BCUT2D eigenvalue weighted by Gasteiger charge is -2.32. The van der Waals surface area contributed by atoms with E-state index in [2.05, 4.69) is 5.32 Å². The number of carbonyl (C=O) groups excluding carboxylic acids is 2. The molecule has 2 amide bonds. The van der Waals surface area contributed by atoms with Gasteiger partial charge in [0.2, 0.25) is 5.91 Å². The molecule has 0 aromatic heterocycles. The van der Waals surface area contributed by atoms with Gasteiger partial charge in [-0.3, -0.25) is 19.7 Å². The molecular formula is C28H28FN3O5. The first-order valence-corrected chi connectivity index (χ1v) is 12.1. The second kappa shape index (κ2) is 11.6. The molecular weight excluding hydrogens is 477 g/mol. The van der Waals surface area contributed by atoms with E-state index < -0.39 is 22.3 Å². The molecule has 37 heavy (non-hydrogen) atoms. The standard InChI is InChI=1S/C28H28FN3O5/c1-19(37-26-5-3-2-4-6-26)15-27(33)30-24-9-7-20(8-10-24)21-11-13-31(14-12-21)28(34)22-16-23(29)18-25(17-22)32(35)36/h2-10,16-19,21H,11-15H2,1H3,(H,30,33). The molecule has 1 unspecified atom stereocenters. The minimum atomic E-state index is -0.808. The van der Waals surface area contributed by atoms with Crippen molar-refractivity contribution in [2.45, 2.75) is 38.2 Å². The van der Waals surface area contributed by atoms with Crippen LogP contribution in [-0.2, 0) is 4.79 Å². The van der Waals surface area contributed by atoms with Gasteiger partial charge >= 0.3 is 0 Å². The molecule has 0 bridgehead atoms.